The van der Waals surface area contributed by atoms with Crippen LogP contribution in [0.15, 0.2) is 24.3 Å². The van der Waals surface area contributed by atoms with E-state index in [4.69, 9.17) is 4.74 Å². The monoisotopic (exact) mass is 383 g/mol. The molecule has 0 unspecified atom stereocenters. The number of amides is 1. The van der Waals surface area contributed by atoms with E-state index in [9.17, 15) is 4.79 Å². The predicted molar refractivity (Wildman–Crippen MR) is 113 cm³/mol. The van der Waals surface area contributed by atoms with Gasteiger partial charge in [0, 0.05) is 43.1 Å². The van der Waals surface area contributed by atoms with Crippen molar-refractivity contribution < 1.29 is 9.53 Å². The number of nitrogens with zero attached hydrogens (tertiary/aromatic N) is 2. The van der Waals surface area contributed by atoms with Gasteiger partial charge in [-0.25, -0.2) is 0 Å². The lowest BCUT2D eigenvalue weighted by Gasteiger charge is -2.34. The number of carbonyl (C=O) groups is 1. The first kappa shape index (κ1) is 19.3. The van der Waals surface area contributed by atoms with Gasteiger partial charge in [0.2, 0.25) is 0 Å². The number of aromatic nitrogens is 1. The molecular formula is C23H33N3O2. The third kappa shape index (κ3) is 4.35. The van der Waals surface area contributed by atoms with Crippen molar-refractivity contribution in [3.63, 3.8) is 0 Å². The molecule has 28 heavy (non-hydrogen) atoms. The molecule has 0 spiro atoms. The lowest BCUT2D eigenvalue weighted by molar-refractivity contribution is 0.0756. The summed E-state index contributed by atoms with van der Waals surface area (Å²) in [4.78, 5) is 20.7. The highest BCUT2D eigenvalue weighted by atomic mass is 16.5. The summed E-state index contributed by atoms with van der Waals surface area (Å²) in [5.41, 5.74) is 1.69. The maximum absolute atomic E-state index is 12.9. The average molecular weight is 384 g/mol. The molecule has 152 valence electrons. The molecule has 5 nitrogen and oxygen atoms in total. The predicted octanol–water partition coefficient (Wildman–Crippen LogP) is 4.44. The van der Waals surface area contributed by atoms with Gasteiger partial charge in [0.25, 0.3) is 5.91 Å². The Kier molecular flexibility index (Phi) is 5.90. The highest BCUT2D eigenvalue weighted by Gasteiger charge is 2.23. The van der Waals surface area contributed by atoms with Crippen molar-refractivity contribution in [3.05, 3.63) is 30.0 Å². The van der Waals surface area contributed by atoms with Crippen LogP contribution in [0.2, 0.25) is 0 Å². The molecule has 0 saturated carbocycles. The van der Waals surface area contributed by atoms with Gasteiger partial charge in [-0.1, -0.05) is 12.8 Å². The normalized spacial score (nSPS) is 19.9. The summed E-state index contributed by atoms with van der Waals surface area (Å²) in [6.07, 6.45) is 7.11. The molecule has 2 aromatic rings. The van der Waals surface area contributed by atoms with Crippen molar-refractivity contribution in [1.82, 2.24) is 14.8 Å². The molecule has 1 amide bonds. The third-order valence-electron chi connectivity index (χ3n) is 6.23. The van der Waals surface area contributed by atoms with Crippen molar-refractivity contribution in [2.75, 3.05) is 26.2 Å². The number of piperidine rings is 1. The molecule has 4 rings (SSSR count). The van der Waals surface area contributed by atoms with Crippen LogP contribution in [0.3, 0.4) is 0 Å². The Morgan fingerprint density at radius 3 is 2.43 bits per heavy atom. The van der Waals surface area contributed by atoms with Crippen molar-refractivity contribution in [3.8, 4) is 5.75 Å². The summed E-state index contributed by atoms with van der Waals surface area (Å²) in [5, 5.41) is 1.05. The molecule has 1 aromatic carbocycles. The standard InChI is InChI=1S/C23H33N3O2/c1-17(2)25-13-9-19(10-14-25)28-20-7-8-21-18(15-20)16-22(24-21)23(27)26-11-5-3-4-6-12-26/h7-8,15-17,19,24H,3-6,9-14H2,1-2H3. The molecule has 0 atom stereocenters. The molecule has 2 saturated heterocycles. The van der Waals surface area contributed by atoms with E-state index < -0.39 is 0 Å². The number of benzene rings is 1. The van der Waals surface area contributed by atoms with Crippen LogP contribution >= 0.6 is 0 Å². The quantitative estimate of drug-likeness (QED) is 0.849. The molecule has 0 radical (unpaired) electrons. The van der Waals surface area contributed by atoms with E-state index in [1.54, 1.807) is 0 Å². The van der Waals surface area contributed by atoms with E-state index >= 15 is 0 Å². The molecule has 2 aliphatic rings. The van der Waals surface area contributed by atoms with E-state index in [1.807, 2.05) is 23.1 Å². The van der Waals surface area contributed by atoms with Crippen LogP contribution in [0.4, 0.5) is 0 Å². The Morgan fingerprint density at radius 1 is 1.04 bits per heavy atom. The molecule has 3 heterocycles. The Balaban J connectivity index is 1.42. The molecule has 0 aliphatic carbocycles. The highest BCUT2D eigenvalue weighted by molar-refractivity contribution is 5.98. The number of nitrogens with one attached hydrogen (secondary N) is 1. The maximum atomic E-state index is 12.9. The van der Waals surface area contributed by atoms with Gasteiger partial charge in [-0.05, 0) is 63.8 Å². The Morgan fingerprint density at radius 2 is 1.75 bits per heavy atom. The first-order chi connectivity index (χ1) is 13.6. The van der Waals surface area contributed by atoms with Crippen molar-refractivity contribution in [2.24, 2.45) is 0 Å². The lowest BCUT2D eigenvalue weighted by atomic mass is 10.1. The molecule has 5 heteroatoms. The van der Waals surface area contributed by atoms with Crippen LogP contribution in [-0.2, 0) is 0 Å². The van der Waals surface area contributed by atoms with E-state index in [0.717, 1.165) is 68.5 Å². The van der Waals surface area contributed by atoms with Gasteiger partial charge in [-0.15, -0.1) is 0 Å². The van der Waals surface area contributed by atoms with Crippen LogP contribution in [-0.4, -0.2) is 59.0 Å². The van der Waals surface area contributed by atoms with Gasteiger partial charge in [0.1, 0.15) is 17.5 Å². The maximum Gasteiger partial charge on any atom is 0.270 e. The molecule has 2 fully saturated rings. The van der Waals surface area contributed by atoms with Crippen LogP contribution in [0.1, 0.15) is 62.9 Å². The molecule has 1 N–H and O–H groups in total. The smallest absolute Gasteiger partial charge is 0.270 e. The number of rotatable bonds is 4. The SMILES string of the molecule is CC(C)N1CCC(Oc2ccc3[nH]c(C(=O)N4CCCCCC4)cc3c2)CC1. The molecular weight excluding hydrogens is 350 g/mol. The van der Waals surface area contributed by atoms with Crippen molar-refractivity contribution in [2.45, 2.75) is 64.5 Å². The summed E-state index contributed by atoms with van der Waals surface area (Å²) >= 11 is 0. The molecule has 0 bridgehead atoms. The number of hydrogen-bond donors (Lipinski definition) is 1. The minimum atomic E-state index is 0.127. The number of aromatic amines is 1. The second kappa shape index (κ2) is 8.56. The number of hydrogen-bond acceptors (Lipinski definition) is 3. The largest absolute Gasteiger partial charge is 0.490 e. The molecule has 1 aromatic heterocycles. The Bertz CT molecular complexity index is 797. The number of fused-ring (bicyclic) bond motifs is 1. The van der Waals surface area contributed by atoms with Crippen LogP contribution in [0, 0.1) is 0 Å². The number of H-pyrrole nitrogens is 1. The number of carbonyl (C=O) groups excluding carboxylic acids is 1. The first-order valence-corrected chi connectivity index (χ1v) is 10.9. The van der Waals surface area contributed by atoms with Gasteiger partial charge in [-0.2, -0.15) is 0 Å². The van der Waals surface area contributed by atoms with Gasteiger partial charge in [0.05, 0.1) is 0 Å². The fourth-order valence-electron chi connectivity index (χ4n) is 4.45. The van der Waals surface area contributed by atoms with Crippen LogP contribution in [0.5, 0.6) is 5.75 Å². The fraction of sp³-hybridized carbons (Fsp3) is 0.609. The second-order valence-electron chi connectivity index (χ2n) is 8.59. The Labute approximate surface area is 168 Å². The zero-order chi connectivity index (χ0) is 19.5. The van der Waals surface area contributed by atoms with Gasteiger partial charge in [0.15, 0.2) is 0 Å². The summed E-state index contributed by atoms with van der Waals surface area (Å²) < 4.78 is 6.26. The van der Waals surface area contributed by atoms with E-state index in [1.165, 1.54) is 12.8 Å². The second-order valence-corrected chi connectivity index (χ2v) is 8.59. The summed E-state index contributed by atoms with van der Waals surface area (Å²) in [7, 11) is 0. The zero-order valence-corrected chi connectivity index (χ0v) is 17.2. The van der Waals surface area contributed by atoms with Gasteiger partial charge < -0.3 is 19.5 Å². The van der Waals surface area contributed by atoms with E-state index in [-0.39, 0.29) is 12.0 Å². The third-order valence-corrected chi connectivity index (χ3v) is 6.23. The topological polar surface area (TPSA) is 48.6 Å². The lowest BCUT2D eigenvalue weighted by Crippen LogP contribution is -2.41. The molecule has 2 aliphatic heterocycles. The minimum absolute atomic E-state index is 0.127. The van der Waals surface area contributed by atoms with Crippen molar-refractivity contribution in [1.29, 1.82) is 0 Å². The van der Waals surface area contributed by atoms with Gasteiger partial charge in [-0.3, -0.25) is 4.79 Å². The van der Waals surface area contributed by atoms with E-state index in [0.29, 0.717) is 11.7 Å². The fourth-order valence-corrected chi connectivity index (χ4v) is 4.45. The summed E-state index contributed by atoms with van der Waals surface area (Å²) in [6.45, 7) is 8.46. The Hall–Kier alpha value is -2.01. The first-order valence-electron chi connectivity index (χ1n) is 10.9. The van der Waals surface area contributed by atoms with Crippen molar-refractivity contribution >= 4 is 16.8 Å². The van der Waals surface area contributed by atoms with E-state index in [2.05, 4.69) is 29.8 Å². The summed E-state index contributed by atoms with van der Waals surface area (Å²) in [6, 6.07) is 8.72. The average Bonchev–Trinajstić information content (AvgIpc) is 2.93. The zero-order valence-electron chi connectivity index (χ0n) is 17.2. The van der Waals surface area contributed by atoms with Crippen LogP contribution in [0.25, 0.3) is 10.9 Å². The highest BCUT2D eigenvalue weighted by Crippen LogP contribution is 2.26. The number of ether oxygens (including phenoxy) is 1. The van der Waals surface area contributed by atoms with Crippen LogP contribution < -0.4 is 4.74 Å². The number of likely N-dealkylation sites (tertiary alicyclic amines) is 2. The summed E-state index contributed by atoms with van der Waals surface area (Å²) in [5.74, 6) is 1.03. The van der Waals surface area contributed by atoms with Gasteiger partial charge >= 0.3 is 0 Å². The minimum Gasteiger partial charge on any atom is -0.490 e.